The number of benzene rings is 2. The number of rotatable bonds is 4. The van der Waals surface area contributed by atoms with Crippen molar-refractivity contribution in [1.82, 2.24) is 14.8 Å². The molecule has 4 rings (SSSR count). The van der Waals surface area contributed by atoms with Crippen molar-refractivity contribution in [1.29, 1.82) is 0 Å². The fraction of sp³-hybridized carbons (Fsp3) is 0.211. The molecule has 1 fully saturated rings. The number of nitrogens with zero attached hydrogens (tertiary/aromatic N) is 3. The maximum atomic E-state index is 13.2. The zero-order valence-corrected chi connectivity index (χ0v) is 14.7. The van der Waals surface area contributed by atoms with Crippen LogP contribution in [0.5, 0.6) is 0 Å². The van der Waals surface area contributed by atoms with Gasteiger partial charge >= 0.3 is 5.97 Å². The van der Waals surface area contributed by atoms with Gasteiger partial charge in [0, 0.05) is 12.6 Å². The van der Waals surface area contributed by atoms with Crippen molar-refractivity contribution in [3.05, 3.63) is 70.3 Å². The summed E-state index contributed by atoms with van der Waals surface area (Å²) < 4.78 is 15.1. The minimum absolute atomic E-state index is 0.117. The van der Waals surface area contributed by atoms with Crippen LogP contribution in [0.2, 0.25) is 5.02 Å². The molecule has 5 nitrogen and oxygen atoms in total. The van der Waals surface area contributed by atoms with E-state index in [4.69, 9.17) is 16.7 Å². The molecule has 26 heavy (non-hydrogen) atoms. The Bertz CT molecular complexity index is 1010. The molecule has 0 saturated heterocycles. The fourth-order valence-electron chi connectivity index (χ4n) is 3.35. The Balaban J connectivity index is 1.76. The zero-order valence-electron chi connectivity index (χ0n) is 13.9. The Morgan fingerprint density at radius 3 is 2.46 bits per heavy atom. The van der Waals surface area contributed by atoms with Crippen molar-refractivity contribution in [2.75, 3.05) is 0 Å². The van der Waals surface area contributed by atoms with E-state index < -0.39 is 5.97 Å². The van der Waals surface area contributed by atoms with Crippen LogP contribution in [0.3, 0.4) is 0 Å². The van der Waals surface area contributed by atoms with E-state index in [-0.39, 0.29) is 16.8 Å². The quantitative estimate of drug-likeness (QED) is 0.751. The van der Waals surface area contributed by atoms with Crippen molar-refractivity contribution in [3.8, 4) is 11.4 Å². The van der Waals surface area contributed by atoms with Gasteiger partial charge in [0.05, 0.1) is 16.0 Å². The summed E-state index contributed by atoms with van der Waals surface area (Å²) >= 11 is 6.27. The number of halogens is 2. The van der Waals surface area contributed by atoms with E-state index in [1.807, 2.05) is 11.6 Å². The first kappa shape index (κ1) is 16.7. The predicted octanol–water partition coefficient (Wildman–Crippen LogP) is 4.05. The molecule has 3 aromatic rings. The lowest BCUT2D eigenvalue weighted by Gasteiger charge is -2.15. The molecule has 2 aromatic carbocycles. The van der Waals surface area contributed by atoms with Gasteiger partial charge in [0.1, 0.15) is 11.6 Å². The van der Waals surface area contributed by atoms with Gasteiger partial charge in [0.2, 0.25) is 0 Å². The monoisotopic (exact) mass is 371 g/mol. The first-order valence-electron chi connectivity index (χ1n) is 8.11. The average Bonchev–Trinajstić information content (AvgIpc) is 3.32. The van der Waals surface area contributed by atoms with Gasteiger partial charge < -0.3 is 9.67 Å². The third-order valence-corrected chi connectivity index (χ3v) is 5.22. The Morgan fingerprint density at radius 2 is 1.88 bits per heavy atom. The van der Waals surface area contributed by atoms with E-state index in [1.54, 1.807) is 18.2 Å². The summed E-state index contributed by atoms with van der Waals surface area (Å²) in [5.74, 6) is 0.0478. The van der Waals surface area contributed by atoms with Gasteiger partial charge in [0.15, 0.2) is 5.82 Å². The zero-order chi connectivity index (χ0) is 18.5. The molecule has 132 valence electrons. The van der Waals surface area contributed by atoms with Gasteiger partial charge in [-0.05, 0) is 48.7 Å². The molecule has 1 aliphatic carbocycles. The Kier molecular flexibility index (Phi) is 3.80. The van der Waals surface area contributed by atoms with Crippen LogP contribution in [0.25, 0.3) is 11.4 Å². The molecule has 1 heterocycles. The molecule has 0 atom stereocenters. The summed E-state index contributed by atoms with van der Waals surface area (Å²) in [6.45, 7) is 0. The highest BCUT2D eigenvalue weighted by molar-refractivity contribution is 6.33. The first-order valence-corrected chi connectivity index (χ1v) is 8.49. The highest BCUT2D eigenvalue weighted by Crippen LogP contribution is 2.53. The van der Waals surface area contributed by atoms with Crippen molar-refractivity contribution in [2.45, 2.75) is 18.3 Å². The average molecular weight is 372 g/mol. The van der Waals surface area contributed by atoms with Crippen molar-refractivity contribution in [3.63, 3.8) is 0 Å². The number of carboxylic acids is 1. The summed E-state index contributed by atoms with van der Waals surface area (Å²) in [4.78, 5) is 11.1. The standard InChI is InChI=1S/C19H15ClFN3O2/c1-24-16(14-7-2-11(17(25)26)10-15(14)20)22-23-18(24)19(8-9-19)12-3-5-13(21)6-4-12/h2-7,10H,8-9H2,1H3,(H,25,26). The second-order valence-corrected chi connectivity index (χ2v) is 6.90. The number of hydrogen-bond donors (Lipinski definition) is 1. The van der Waals surface area contributed by atoms with Gasteiger partial charge in [-0.15, -0.1) is 10.2 Å². The highest BCUT2D eigenvalue weighted by Gasteiger charge is 2.50. The third-order valence-electron chi connectivity index (χ3n) is 4.91. The third kappa shape index (κ3) is 2.57. The van der Waals surface area contributed by atoms with Crippen LogP contribution in [0.15, 0.2) is 42.5 Å². The molecule has 1 N–H and O–H groups in total. The van der Waals surface area contributed by atoms with Crippen LogP contribution in [0.1, 0.15) is 34.6 Å². The largest absolute Gasteiger partial charge is 0.478 e. The van der Waals surface area contributed by atoms with E-state index >= 15 is 0 Å². The van der Waals surface area contributed by atoms with Gasteiger partial charge in [-0.1, -0.05) is 23.7 Å². The highest BCUT2D eigenvalue weighted by atomic mass is 35.5. The van der Waals surface area contributed by atoms with Crippen molar-refractivity contribution < 1.29 is 14.3 Å². The van der Waals surface area contributed by atoms with Crippen molar-refractivity contribution >= 4 is 17.6 Å². The summed E-state index contributed by atoms with van der Waals surface area (Å²) in [6.07, 6.45) is 1.83. The van der Waals surface area contributed by atoms with Crippen LogP contribution in [0.4, 0.5) is 4.39 Å². The number of aromatic carboxylic acids is 1. The van der Waals surface area contributed by atoms with Crippen LogP contribution >= 0.6 is 11.6 Å². The first-order chi connectivity index (χ1) is 12.4. The smallest absolute Gasteiger partial charge is 0.335 e. The Labute approximate surface area is 154 Å². The number of aromatic nitrogens is 3. The lowest BCUT2D eigenvalue weighted by molar-refractivity contribution is 0.0697. The van der Waals surface area contributed by atoms with Gasteiger partial charge in [-0.3, -0.25) is 0 Å². The fourth-order valence-corrected chi connectivity index (χ4v) is 3.61. The van der Waals surface area contributed by atoms with Gasteiger partial charge in [-0.2, -0.15) is 0 Å². The summed E-state index contributed by atoms with van der Waals surface area (Å²) in [5.41, 5.74) is 1.48. The second-order valence-electron chi connectivity index (χ2n) is 6.50. The van der Waals surface area contributed by atoms with E-state index in [0.717, 1.165) is 24.2 Å². The van der Waals surface area contributed by atoms with Crippen molar-refractivity contribution in [2.24, 2.45) is 7.05 Å². The Morgan fingerprint density at radius 1 is 1.19 bits per heavy atom. The van der Waals surface area contributed by atoms with Crippen LogP contribution in [0, 0.1) is 5.82 Å². The molecular formula is C19H15ClFN3O2. The predicted molar refractivity (Wildman–Crippen MR) is 94.8 cm³/mol. The molecule has 1 aromatic heterocycles. The molecule has 1 saturated carbocycles. The molecule has 0 aliphatic heterocycles. The molecule has 0 bridgehead atoms. The second kappa shape index (κ2) is 5.92. The number of carboxylic acid groups (broad SMARTS) is 1. The summed E-state index contributed by atoms with van der Waals surface area (Å²) in [5, 5.41) is 18.0. The topological polar surface area (TPSA) is 68.0 Å². The maximum absolute atomic E-state index is 13.2. The van der Waals surface area contributed by atoms with Crippen LogP contribution in [-0.4, -0.2) is 25.8 Å². The van der Waals surface area contributed by atoms with E-state index in [2.05, 4.69) is 10.2 Å². The molecule has 1 aliphatic rings. The molecule has 0 unspecified atom stereocenters. The Hall–Kier alpha value is -2.73. The summed E-state index contributed by atoms with van der Waals surface area (Å²) in [6, 6.07) is 11.0. The minimum atomic E-state index is -1.04. The molecule has 7 heteroatoms. The maximum Gasteiger partial charge on any atom is 0.335 e. The number of carbonyl (C=O) groups is 1. The van der Waals surface area contributed by atoms with E-state index in [9.17, 15) is 9.18 Å². The van der Waals surface area contributed by atoms with Gasteiger partial charge in [-0.25, -0.2) is 9.18 Å². The number of hydrogen-bond acceptors (Lipinski definition) is 3. The summed E-state index contributed by atoms with van der Waals surface area (Å²) in [7, 11) is 1.86. The molecule has 0 radical (unpaired) electrons. The van der Waals surface area contributed by atoms with E-state index in [1.165, 1.54) is 24.3 Å². The normalized spacial score (nSPS) is 15.0. The lowest BCUT2D eigenvalue weighted by Crippen LogP contribution is -2.15. The van der Waals surface area contributed by atoms with E-state index in [0.29, 0.717) is 16.4 Å². The molecule has 0 spiro atoms. The minimum Gasteiger partial charge on any atom is -0.478 e. The molecular weight excluding hydrogens is 357 g/mol. The lowest BCUT2D eigenvalue weighted by atomic mass is 9.95. The van der Waals surface area contributed by atoms with Crippen LogP contribution in [-0.2, 0) is 12.5 Å². The molecule has 0 amide bonds. The van der Waals surface area contributed by atoms with Gasteiger partial charge in [0.25, 0.3) is 0 Å². The SMILES string of the molecule is Cn1c(-c2ccc(C(=O)O)cc2Cl)nnc1C1(c2ccc(F)cc2)CC1. The van der Waals surface area contributed by atoms with Crippen LogP contribution < -0.4 is 0 Å².